The molecule has 0 spiro atoms. The van der Waals surface area contributed by atoms with E-state index in [1.807, 2.05) is 60.4 Å². The molecule has 0 aliphatic carbocycles. The third-order valence-electron chi connectivity index (χ3n) is 5.39. The molecule has 2 aromatic rings. The average molecular weight is 379 g/mol. The minimum atomic E-state index is -0.342. The molecule has 28 heavy (non-hydrogen) atoms. The molecule has 1 saturated heterocycles. The fraction of sp³-hybridized carbons (Fsp3) is 0.364. The monoisotopic (exact) mass is 379 g/mol. The van der Waals surface area contributed by atoms with E-state index in [9.17, 15) is 9.59 Å². The van der Waals surface area contributed by atoms with Gasteiger partial charge in [-0.05, 0) is 38.0 Å². The molecule has 0 bridgehead atoms. The fourth-order valence-electron chi connectivity index (χ4n) is 3.90. The predicted octanol–water partition coefficient (Wildman–Crippen LogP) is 3.27. The summed E-state index contributed by atoms with van der Waals surface area (Å²) in [5.74, 6) is 0.626. The molecule has 1 atom stereocenters. The number of carbonyl (C=O) groups is 2. The molecule has 146 valence electrons. The van der Waals surface area contributed by atoms with E-state index in [0.717, 1.165) is 37.2 Å². The molecule has 2 aliphatic heterocycles. The molecule has 2 aliphatic rings. The third kappa shape index (κ3) is 3.42. The standard InChI is InChI=1S/C22H25N3O3/c1-2-25-21(23-18-11-5-3-9-16(18)22(25)27)17-10-4-6-12-19(17)28-15-20(26)24-13-7-8-14-24/h3-6,9-12,21,23H,2,7-8,13-15H2,1H3/t21-/m1/s1. The summed E-state index contributed by atoms with van der Waals surface area (Å²) in [5.41, 5.74) is 2.33. The van der Waals surface area contributed by atoms with Crippen LogP contribution < -0.4 is 10.1 Å². The first-order valence-corrected chi connectivity index (χ1v) is 9.85. The Morgan fingerprint density at radius 3 is 2.61 bits per heavy atom. The zero-order valence-electron chi connectivity index (χ0n) is 16.1. The summed E-state index contributed by atoms with van der Waals surface area (Å²) >= 11 is 0. The maximum atomic E-state index is 13.0. The zero-order chi connectivity index (χ0) is 19.5. The Labute approximate surface area is 165 Å². The maximum absolute atomic E-state index is 13.0. The number of benzene rings is 2. The minimum Gasteiger partial charge on any atom is -0.483 e. The Morgan fingerprint density at radius 1 is 1.11 bits per heavy atom. The van der Waals surface area contributed by atoms with Crippen LogP contribution in [0.3, 0.4) is 0 Å². The summed E-state index contributed by atoms with van der Waals surface area (Å²) in [7, 11) is 0. The fourth-order valence-corrected chi connectivity index (χ4v) is 3.90. The van der Waals surface area contributed by atoms with Gasteiger partial charge in [0.25, 0.3) is 11.8 Å². The summed E-state index contributed by atoms with van der Waals surface area (Å²) in [6.45, 7) is 4.15. The highest BCUT2D eigenvalue weighted by Crippen LogP contribution is 2.36. The lowest BCUT2D eigenvalue weighted by Gasteiger charge is -2.38. The molecule has 0 saturated carbocycles. The van der Waals surface area contributed by atoms with Gasteiger partial charge in [-0.1, -0.05) is 30.3 Å². The SMILES string of the molecule is CCN1C(=O)c2ccccc2N[C@H]1c1ccccc1OCC(=O)N1CCCC1. The summed E-state index contributed by atoms with van der Waals surface area (Å²) < 4.78 is 5.91. The van der Waals surface area contributed by atoms with E-state index in [1.165, 1.54) is 0 Å². The number of carbonyl (C=O) groups excluding carboxylic acids is 2. The van der Waals surface area contributed by atoms with Crippen molar-refractivity contribution in [3.8, 4) is 5.75 Å². The van der Waals surface area contributed by atoms with Crippen molar-refractivity contribution in [2.45, 2.75) is 25.9 Å². The van der Waals surface area contributed by atoms with Crippen molar-refractivity contribution in [2.75, 3.05) is 31.6 Å². The largest absolute Gasteiger partial charge is 0.483 e. The minimum absolute atomic E-state index is 0.00945. The van der Waals surface area contributed by atoms with Crippen molar-refractivity contribution in [1.29, 1.82) is 0 Å². The quantitative estimate of drug-likeness (QED) is 0.866. The third-order valence-corrected chi connectivity index (χ3v) is 5.39. The highest BCUT2D eigenvalue weighted by atomic mass is 16.5. The first-order valence-electron chi connectivity index (χ1n) is 9.85. The number of hydrogen-bond acceptors (Lipinski definition) is 4. The van der Waals surface area contributed by atoms with E-state index < -0.39 is 0 Å². The smallest absolute Gasteiger partial charge is 0.260 e. The van der Waals surface area contributed by atoms with Crippen LogP contribution in [-0.4, -0.2) is 47.9 Å². The molecule has 2 amide bonds. The van der Waals surface area contributed by atoms with E-state index in [4.69, 9.17) is 4.74 Å². The van der Waals surface area contributed by atoms with Crippen LogP contribution in [0.4, 0.5) is 5.69 Å². The van der Waals surface area contributed by atoms with Crippen LogP contribution in [0.1, 0.15) is 41.9 Å². The van der Waals surface area contributed by atoms with Crippen molar-refractivity contribution in [3.63, 3.8) is 0 Å². The second kappa shape index (κ2) is 7.92. The van der Waals surface area contributed by atoms with Crippen LogP contribution in [0, 0.1) is 0 Å². The first kappa shape index (κ1) is 18.3. The lowest BCUT2D eigenvalue weighted by molar-refractivity contribution is -0.132. The van der Waals surface area contributed by atoms with E-state index >= 15 is 0 Å². The molecule has 6 nitrogen and oxygen atoms in total. The van der Waals surface area contributed by atoms with Gasteiger partial charge < -0.3 is 19.9 Å². The van der Waals surface area contributed by atoms with Gasteiger partial charge in [-0.3, -0.25) is 9.59 Å². The number of hydrogen-bond donors (Lipinski definition) is 1. The molecular weight excluding hydrogens is 354 g/mol. The average Bonchev–Trinajstić information content (AvgIpc) is 3.27. The Morgan fingerprint density at radius 2 is 1.82 bits per heavy atom. The molecule has 1 N–H and O–H groups in total. The van der Waals surface area contributed by atoms with Crippen molar-refractivity contribution in [1.82, 2.24) is 9.80 Å². The van der Waals surface area contributed by atoms with Crippen molar-refractivity contribution < 1.29 is 14.3 Å². The first-order chi connectivity index (χ1) is 13.7. The van der Waals surface area contributed by atoms with E-state index in [0.29, 0.717) is 17.9 Å². The number of fused-ring (bicyclic) bond motifs is 1. The molecular formula is C22H25N3O3. The molecule has 4 rings (SSSR count). The molecule has 1 fully saturated rings. The number of nitrogens with zero attached hydrogens (tertiary/aromatic N) is 2. The summed E-state index contributed by atoms with van der Waals surface area (Å²) in [5, 5.41) is 3.46. The molecule has 2 heterocycles. The van der Waals surface area contributed by atoms with Gasteiger partial charge in [-0.25, -0.2) is 0 Å². The van der Waals surface area contributed by atoms with Gasteiger partial charge in [0.05, 0.1) is 5.56 Å². The molecule has 0 radical (unpaired) electrons. The second-order valence-corrected chi connectivity index (χ2v) is 7.10. The summed E-state index contributed by atoms with van der Waals surface area (Å²) in [6, 6.07) is 15.1. The van der Waals surface area contributed by atoms with Crippen LogP contribution in [0.2, 0.25) is 0 Å². The Hall–Kier alpha value is -3.02. The highest BCUT2D eigenvalue weighted by Gasteiger charge is 2.33. The van der Waals surface area contributed by atoms with Crippen molar-refractivity contribution >= 4 is 17.5 Å². The Bertz CT molecular complexity index is 877. The van der Waals surface area contributed by atoms with Crippen LogP contribution in [0.5, 0.6) is 5.75 Å². The second-order valence-electron chi connectivity index (χ2n) is 7.10. The molecule has 0 aromatic heterocycles. The van der Waals surface area contributed by atoms with Crippen LogP contribution in [-0.2, 0) is 4.79 Å². The number of rotatable bonds is 5. The van der Waals surface area contributed by atoms with Gasteiger partial charge in [-0.2, -0.15) is 0 Å². The number of para-hydroxylation sites is 2. The highest BCUT2D eigenvalue weighted by molar-refractivity contribution is 6.01. The zero-order valence-corrected chi connectivity index (χ0v) is 16.1. The number of anilines is 1. The Kier molecular flexibility index (Phi) is 5.19. The van der Waals surface area contributed by atoms with Crippen LogP contribution in [0.15, 0.2) is 48.5 Å². The molecule has 2 aromatic carbocycles. The van der Waals surface area contributed by atoms with E-state index in [-0.39, 0.29) is 24.6 Å². The van der Waals surface area contributed by atoms with Crippen molar-refractivity contribution in [2.24, 2.45) is 0 Å². The van der Waals surface area contributed by atoms with E-state index in [1.54, 1.807) is 4.90 Å². The lowest BCUT2D eigenvalue weighted by Crippen LogP contribution is -2.43. The van der Waals surface area contributed by atoms with Crippen LogP contribution in [0.25, 0.3) is 0 Å². The lowest BCUT2D eigenvalue weighted by atomic mass is 10.0. The van der Waals surface area contributed by atoms with Gasteiger partial charge >= 0.3 is 0 Å². The van der Waals surface area contributed by atoms with Crippen LogP contribution >= 0.6 is 0 Å². The Balaban J connectivity index is 1.58. The van der Waals surface area contributed by atoms with Gasteiger partial charge in [0, 0.05) is 30.9 Å². The molecule has 6 heteroatoms. The number of amides is 2. The van der Waals surface area contributed by atoms with Gasteiger partial charge in [-0.15, -0.1) is 0 Å². The number of nitrogens with one attached hydrogen (secondary N) is 1. The topological polar surface area (TPSA) is 61.9 Å². The molecule has 0 unspecified atom stereocenters. The van der Waals surface area contributed by atoms with Crippen molar-refractivity contribution in [3.05, 3.63) is 59.7 Å². The normalized spacial score (nSPS) is 18.6. The summed E-state index contributed by atoms with van der Waals surface area (Å²) in [4.78, 5) is 29.0. The number of ether oxygens (including phenoxy) is 1. The summed E-state index contributed by atoms with van der Waals surface area (Å²) in [6.07, 6.45) is 1.77. The maximum Gasteiger partial charge on any atom is 0.260 e. The van der Waals surface area contributed by atoms with Gasteiger partial charge in [0.2, 0.25) is 0 Å². The predicted molar refractivity (Wildman–Crippen MR) is 107 cm³/mol. The van der Waals surface area contributed by atoms with Gasteiger partial charge in [0.1, 0.15) is 11.9 Å². The van der Waals surface area contributed by atoms with Gasteiger partial charge in [0.15, 0.2) is 6.61 Å². The number of likely N-dealkylation sites (tertiary alicyclic amines) is 1. The van der Waals surface area contributed by atoms with E-state index in [2.05, 4.69) is 5.32 Å².